The number of hydrogen-bond acceptors (Lipinski definition) is 1. The number of imidazole rings is 1. The highest BCUT2D eigenvalue weighted by Crippen LogP contribution is 2.35. The minimum atomic E-state index is 0.736. The minimum absolute atomic E-state index is 0.736. The molecule has 0 spiro atoms. The highest BCUT2D eigenvalue weighted by molar-refractivity contribution is 5.79. The second-order valence-electron chi connectivity index (χ2n) is 4.90. The van der Waals surface area contributed by atoms with Gasteiger partial charge in [-0.3, -0.25) is 0 Å². The van der Waals surface area contributed by atoms with Crippen LogP contribution in [0.5, 0.6) is 0 Å². The lowest BCUT2D eigenvalue weighted by atomic mass is 9.83. The fraction of sp³-hybridized carbons (Fsp3) is 0.500. The Balaban J connectivity index is 2.07. The van der Waals surface area contributed by atoms with Gasteiger partial charge in [0.25, 0.3) is 0 Å². The number of benzene rings is 1. The van der Waals surface area contributed by atoms with Gasteiger partial charge in [-0.15, -0.1) is 0 Å². The summed E-state index contributed by atoms with van der Waals surface area (Å²) in [5, 5.41) is 0. The van der Waals surface area contributed by atoms with Crippen molar-refractivity contribution in [3.63, 3.8) is 0 Å². The summed E-state index contributed by atoms with van der Waals surface area (Å²) in [4.78, 5) is 7.96. The van der Waals surface area contributed by atoms with Crippen molar-refractivity contribution in [3.05, 3.63) is 29.6 Å². The van der Waals surface area contributed by atoms with Crippen molar-refractivity contribution in [3.8, 4) is 0 Å². The van der Waals surface area contributed by atoms with Crippen LogP contribution >= 0.6 is 0 Å². The second-order valence-corrected chi connectivity index (χ2v) is 4.90. The molecule has 3 rings (SSSR count). The van der Waals surface area contributed by atoms with Gasteiger partial charge in [0, 0.05) is 0 Å². The van der Waals surface area contributed by atoms with Gasteiger partial charge in [-0.05, 0) is 37.3 Å². The van der Waals surface area contributed by atoms with E-state index in [0.717, 1.165) is 11.7 Å². The third-order valence-electron chi connectivity index (χ3n) is 3.71. The first-order chi connectivity index (χ1) is 7.84. The smallest absolute Gasteiger partial charge is 0.104 e. The molecule has 2 aromatic rings. The number of nitrogens with zero attached hydrogens (tertiary/aromatic N) is 1. The molecule has 1 fully saturated rings. The van der Waals surface area contributed by atoms with Crippen LogP contribution in [0.2, 0.25) is 0 Å². The van der Waals surface area contributed by atoms with Gasteiger partial charge in [-0.2, -0.15) is 0 Å². The van der Waals surface area contributed by atoms with Gasteiger partial charge in [-0.1, -0.05) is 31.4 Å². The van der Waals surface area contributed by atoms with Crippen molar-refractivity contribution >= 4 is 11.0 Å². The van der Waals surface area contributed by atoms with E-state index in [-0.39, 0.29) is 0 Å². The van der Waals surface area contributed by atoms with Crippen molar-refractivity contribution in [1.29, 1.82) is 0 Å². The summed E-state index contributed by atoms with van der Waals surface area (Å²) in [6.07, 6.45) is 6.84. The number of rotatable bonds is 1. The molecule has 0 saturated heterocycles. The van der Waals surface area contributed by atoms with Crippen LogP contribution in [0.15, 0.2) is 18.2 Å². The number of aryl methyl sites for hydroxylation is 1. The Hall–Kier alpha value is -1.31. The van der Waals surface area contributed by atoms with E-state index >= 15 is 0 Å². The molecule has 0 unspecified atom stereocenters. The summed E-state index contributed by atoms with van der Waals surface area (Å²) in [6.45, 7) is 2.03. The third kappa shape index (κ3) is 1.62. The normalized spacial score (nSPS) is 18.1. The molecule has 1 N–H and O–H groups in total. The van der Waals surface area contributed by atoms with E-state index in [1.165, 1.54) is 48.7 Å². The highest BCUT2D eigenvalue weighted by Gasteiger charge is 2.18. The van der Waals surface area contributed by atoms with Gasteiger partial charge >= 0.3 is 0 Å². The second kappa shape index (κ2) is 3.93. The SMILES string of the molecule is Cc1nc2c(C3CCCCC3)cccc2[nH]1. The molecule has 0 radical (unpaired) electrons. The van der Waals surface area contributed by atoms with E-state index in [4.69, 9.17) is 0 Å². The number of para-hydroxylation sites is 1. The van der Waals surface area contributed by atoms with E-state index < -0.39 is 0 Å². The molecular formula is C14H18N2. The van der Waals surface area contributed by atoms with Gasteiger partial charge in [0.15, 0.2) is 0 Å². The summed E-state index contributed by atoms with van der Waals surface area (Å²) in [6, 6.07) is 6.55. The lowest BCUT2D eigenvalue weighted by Crippen LogP contribution is -2.04. The first-order valence-corrected chi connectivity index (χ1v) is 6.30. The van der Waals surface area contributed by atoms with Crippen molar-refractivity contribution in [2.24, 2.45) is 0 Å². The molecule has 2 heteroatoms. The molecule has 0 aliphatic heterocycles. The largest absolute Gasteiger partial charge is 0.342 e. The Kier molecular flexibility index (Phi) is 2.43. The highest BCUT2D eigenvalue weighted by atomic mass is 14.9. The number of aromatic amines is 1. The molecule has 0 atom stereocenters. The molecule has 2 nitrogen and oxygen atoms in total. The average Bonchev–Trinajstić information content (AvgIpc) is 2.70. The summed E-state index contributed by atoms with van der Waals surface area (Å²) in [5.41, 5.74) is 3.86. The Labute approximate surface area is 96.1 Å². The van der Waals surface area contributed by atoms with Gasteiger partial charge in [-0.25, -0.2) is 4.98 Å². The number of fused-ring (bicyclic) bond motifs is 1. The third-order valence-corrected chi connectivity index (χ3v) is 3.71. The standard InChI is InChI=1S/C14H18N2/c1-10-15-13-9-5-8-12(14(13)16-10)11-6-3-2-4-7-11/h5,8-9,11H,2-4,6-7H2,1H3,(H,15,16). The minimum Gasteiger partial charge on any atom is -0.342 e. The lowest BCUT2D eigenvalue weighted by Gasteiger charge is -2.22. The molecule has 1 aliphatic carbocycles. The molecule has 84 valence electrons. The van der Waals surface area contributed by atoms with Crippen LogP contribution in [0.3, 0.4) is 0 Å². The molecule has 0 amide bonds. The summed E-state index contributed by atoms with van der Waals surface area (Å²) < 4.78 is 0. The van der Waals surface area contributed by atoms with Crippen LogP contribution in [0, 0.1) is 6.92 Å². The van der Waals surface area contributed by atoms with Crippen LogP contribution in [0.1, 0.15) is 49.4 Å². The predicted octanol–water partition coefficient (Wildman–Crippen LogP) is 3.92. The quantitative estimate of drug-likeness (QED) is 0.765. The summed E-state index contributed by atoms with van der Waals surface area (Å²) in [7, 11) is 0. The van der Waals surface area contributed by atoms with E-state index in [0.29, 0.717) is 0 Å². The maximum Gasteiger partial charge on any atom is 0.104 e. The van der Waals surface area contributed by atoms with Crippen LogP contribution in [0.4, 0.5) is 0 Å². The zero-order chi connectivity index (χ0) is 11.0. The Bertz CT molecular complexity index is 492. The number of hydrogen-bond donors (Lipinski definition) is 1. The predicted molar refractivity (Wildman–Crippen MR) is 66.7 cm³/mol. The lowest BCUT2D eigenvalue weighted by molar-refractivity contribution is 0.445. The molecular weight excluding hydrogens is 196 g/mol. The summed E-state index contributed by atoms with van der Waals surface area (Å²) >= 11 is 0. The van der Waals surface area contributed by atoms with E-state index in [9.17, 15) is 0 Å². The van der Waals surface area contributed by atoms with Crippen molar-refractivity contribution in [2.75, 3.05) is 0 Å². The molecule has 1 heterocycles. The van der Waals surface area contributed by atoms with Gasteiger partial charge in [0.05, 0.1) is 11.0 Å². The van der Waals surface area contributed by atoms with Gasteiger partial charge in [0.2, 0.25) is 0 Å². The maximum absolute atomic E-state index is 4.63. The Morgan fingerprint density at radius 2 is 2.00 bits per heavy atom. The first kappa shape index (κ1) is 9.88. The van der Waals surface area contributed by atoms with Crippen LogP contribution in [-0.4, -0.2) is 9.97 Å². The monoisotopic (exact) mass is 214 g/mol. The van der Waals surface area contributed by atoms with E-state index in [2.05, 4.69) is 28.2 Å². The Morgan fingerprint density at radius 1 is 1.19 bits per heavy atom. The molecule has 0 bridgehead atoms. The first-order valence-electron chi connectivity index (χ1n) is 6.30. The maximum atomic E-state index is 4.63. The topological polar surface area (TPSA) is 28.7 Å². The van der Waals surface area contributed by atoms with Crippen molar-refractivity contribution in [1.82, 2.24) is 9.97 Å². The molecule has 1 aliphatic rings. The fourth-order valence-electron chi connectivity index (χ4n) is 2.92. The molecule has 1 aromatic heterocycles. The summed E-state index contributed by atoms with van der Waals surface area (Å²) in [5.74, 6) is 1.76. The number of aromatic nitrogens is 2. The molecule has 16 heavy (non-hydrogen) atoms. The van der Waals surface area contributed by atoms with Crippen LogP contribution < -0.4 is 0 Å². The van der Waals surface area contributed by atoms with Gasteiger partial charge < -0.3 is 4.98 Å². The van der Waals surface area contributed by atoms with Crippen LogP contribution in [-0.2, 0) is 0 Å². The Morgan fingerprint density at radius 3 is 2.81 bits per heavy atom. The van der Waals surface area contributed by atoms with Crippen molar-refractivity contribution in [2.45, 2.75) is 44.9 Å². The number of H-pyrrole nitrogens is 1. The zero-order valence-corrected chi connectivity index (χ0v) is 9.79. The van der Waals surface area contributed by atoms with Gasteiger partial charge in [0.1, 0.15) is 5.82 Å². The van der Waals surface area contributed by atoms with E-state index in [1.807, 2.05) is 6.92 Å². The van der Waals surface area contributed by atoms with E-state index in [1.54, 1.807) is 0 Å². The molecule has 1 aromatic carbocycles. The number of nitrogens with one attached hydrogen (secondary N) is 1. The average molecular weight is 214 g/mol. The molecule has 1 saturated carbocycles. The van der Waals surface area contributed by atoms with Crippen molar-refractivity contribution < 1.29 is 0 Å². The van der Waals surface area contributed by atoms with Crippen LogP contribution in [0.25, 0.3) is 11.0 Å². The fourth-order valence-corrected chi connectivity index (χ4v) is 2.92. The zero-order valence-electron chi connectivity index (χ0n) is 9.79.